The molecule has 0 saturated carbocycles. The lowest BCUT2D eigenvalue weighted by Crippen LogP contribution is -2.20. The van der Waals surface area contributed by atoms with Crippen LogP contribution in [-0.4, -0.2) is 18.7 Å². The maximum Gasteiger partial charge on any atom is 0.216 e. The van der Waals surface area contributed by atoms with Crippen LogP contribution in [0.1, 0.15) is 18.9 Å². The van der Waals surface area contributed by atoms with Crippen LogP contribution in [0.4, 0.5) is 0 Å². The predicted molar refractivity (Wildman–Crippen MR) is 70.6 cm³/mol. The molecule has 86 valence electrons. The Morgan fingerprint density at radius 1 is 1.50 bits per heavy atom. The summed E-state index contributed by atoms with van der Waals surface area (Å²) >= 11 is 1.74. The predicted octanol–water partition coefficient (Wildman–Crippen LogP) is 2.95. The van der Waals surface area contributed by atoms with Crippen LogP contribution < -0.4 is 5.32 Å². The fourth-order valence-corrected chi connectivity index (χ4v) is 1.76. The first kappa shape index (κ1) is 12.8. The number of rotatable bonds is 5. The van der Waals surface area contributed by atoms with E-state index in [0.29, 0.717) is 6.54 Å². The van der Waals surface area contributed by atoms with Gasteiger partial charge in [-0.25, -0.2) is 0 Å². The van der Waals surface area contributed by atoms with Gasteiger partial charge in [0, 0.05) is 18.4 Å². The van der Waals surface area contributed by atoms with Crippen molar-refractivity contribution in [3.8, 4) is 0 Å². The number of hydrogen-bond donors (Lipinski definition) is 1. The number of thioether (sulfide) groups is 1. The van der Waals surface area contributed by atoms with Gasteiger partial charge in [-0.2, -0.15) is 0 Å². The van der Waals surface area contributed by atoms with Crippen molar-refractivity contribution >= 4 is 23.7 Å². The number of benzene rings is 1. The minimum absolute atomic E-state index is 0.0257. The van der Waals surface area contributed by atoms with Crippen molar-refractivity contribution in [1.82, 2.24) is 5.32 Å². The molecule has 1 N–H and O–H groups in total. The standard InChI is InChI=1S/C13H17NOS/c1-11(15)14-9-4-3-6-12-7-5-8-13(10-12)16-2/h3,5-8,10H,4,9H2,1-2H3,(H,14,15). The molecule has 0 unspecified atom stereocenters. The van der Waals surface area contributed by atoms with Crippen LogP contribution in [0.25, 0.3) is 6.08 Å². The fraction of sp³-hybridized carbons (Fsp3) is 0.308. The molecule has 1 amide bonds. The van der Waals surface area contributed by atoms with Crippen molar-refractivity contribution in [3.05, 3.63) is 35.9 Å². The quantitative estimate of drug-likeness (QED) is 0.628. The molecule has 1 aromatic carbocycles. The molecule has 0 aliphatic rings. The first-order valence-corrected chi connectivity index (χ1v) is 6.50. The summed E-state index contributed by atoms with van der Waals surface area (Å²) in [6.07, 6.45) is 7.10. The van der Waals surface area contributed by atoms with E-state index < -0.39 is 0 Å². The summed E-state index contributed by atoms with van der Waals surface area (Å²) in [5.41, 5.74) is 1.20. The molecule has 0 saturated heterocycles. The molecule has 16 heavy (non-hydrogen) atoms. The zero-order valence-electron chi connectivity index (χ0n) is 9.69. The summed E-state index contributed by atoms with van der Waals surface area (Å²) in [6.45, 7) is 2.24. The van der Waals surface area contributed by atoms with Crippen molar-refractivity contribution in [1.29, 1.82) is 0 Å². The zero-order chi connectivity index (χ0) is 11.8. The second kappa shape index (κ2) is 7.12. The monoisotopic (exact) mass is 235 g/mol. The van der Waals surface area contributed by atoms with E-state index in [4.69, 9.17) is 0 Å². The van der Waals surface area contributed by atoms with Gasteiger partial charge in [0.25, 0.3) is 0 Å². The van der Waals surface area contributed by atoms with Crippen LogP contribution in [0.2, 0.25) is 0 Å². The van der Waals surface area contributed by atoms with Crippen molar-refractivity contribution in [3.63, 3.8) is 0 Å². The Morgan fingerprint density at radius 2 is 2.31 bits per heavy atom. The second-order valence-corrected chi connectivity index (χ2v) is 4.33. The van der Waals surface area contributed by atoms with E-state index in [2.05, 4.69) is 48.0 Å². The Hall–Kier alpha value is -1.22. The lowest BCUT2D eigenvalue weighted by molar-refractivity contribution is -0.118. The SMILES string of the molecule is CSc1cccc(C=CCCNC(C)=O)c1. The smallest absolute Gasteiger partial charge is 0.216 e. The van der Waals surface area contributed by atoms with Crippen molar-refractivity contribution in [2.45, 2.75) is 18.2 Å². The molecule has 0 heterocycles. The third-order valence-electron chi connectivity index (χ3n) is 2.09. The molecule has 1 aromatic rings. The summed E-state index contributed by atoms with van der Waals surface area (Å²) in [5, 5.41) is 2.76. The van der Waals surface area contributed by atoms with E-state index in [-0.39, 0.29) is 5.91 Å². The molecule has 0 aliphatic carbocycles. The van der Waals surface area contributed by atoms with Crippen LogP contribution in [-0.2, 0) is 4.79 Å². The number of hydrogen-bond acceptors (Lipinski definition) is 2. The number of nitrogens with one attached hydrogen (secondary N) is 1. The van der Waals surface area contributed by atoms with Crippen LogP contribution in [0.15, 0.2) is 35.2 Å². The second-order valence-electron chi connectivity index (χ2n) is 3.45. The largest absolute Gasteiger partial charge is 0.356 e. The van der Waals surface area contributed by atoms with Crippen LogP contribution in [0.5, 0.6) is 0 Å². The van der Waals surface area contributed by atoms with Crippen molar-refractivity contribution in [2.24, 2.45) is 0 Å². The summed E-state index contributed by atoms with van der Waals surface area (Å²) < 4.78 is 0. The van der Waals surface area contributed by atoms with Gasteiger partial charge in [0.05, 0.1) is 0 Å². The van der Waals surface area contributed by atoms with Gasteiger partial charge in [-0.3, -0.25) is 4.79 Å². The van der Waals surface area contributed by atoms with Crippen LogP contribution in [0.3, 0.4) is 0 Å². The summed E-state index contributed by atoms with van der Waals surface area (Å²) in [4.78, 5) is 11.9. The zero-order valence-corrected chi connectivity index (χ0v) is 10.5. The molecule has 3 heteroatoms. The summed E-state index contributed by atoms with van der Waals surface area (Å²) in [5.74, 6) is 0.0257. The van der Waals surface area contributed by atoms with Crippen molar-refractivity contribution < 1.29 is 4.79 Å². The van der Waals surface area contributed by atoms with E-state index in [0.717, 1.165) is 6.42 Å². The normalized spacial score (nSPS) is 10.6. The molecule has 0 radical (unpaired) electrons. The van der Waals surface area contributed by atoms with Gasteiger partial charge >= 0.3 is 0 Å². The van der Waals surface area contributed by atoms with E-state index in [1.54, 1.807) is 11.8 Å². The summed E-state index contributed by atoms with van der Waals surface area (Å²) in [7, 11) is 0. The fourth-order valence-electron chi connectivity index (χ4n) is 1.30. The Balaban J connectivity index is 2.40. The Morgan fingerprint density at radius 3 is 3.00 bits per heavy atom. The molecule has 0 aliphatic heterocycles. The van der Waals surface area contributed by atoms with E-state index in [1.165, 1.54) is 17.4 Å². The number of amides is 1. The molecule has 2 nitrogen and oxygen atoms in total. The minimum Gasteiger partial charge on any atom is -0.356 e. The molecule has 0 spiro atoms. The lowest BCUT2D eigenvalue weighted by atomic mass is 10.2. The highest BCUT2D eigenvalue weighted by molar-refractivity contribution is 7.98. The van der Waals surface area contributed by atoms with Gasteiger partial charge in [0.2, 0.25) is 5.91 Å². The van der Waals surface area contributed by atoms with E-state index in [9.17, 15) is 4.79 Å². The van der Waals surface area contributed by atoms with Crippen LogP contribution in [0, 0.1) is 0 Å². The molecule has 0 bridgehead atoms. The molecular weight excluding hydrogens is 218 g/mol. The van der Waals surface area contributed by atoms with Gasteiger partial charge in [0.1, 0.15) is 0 Å². The molecular formula is C13H17NOS. The lowest BCUT2D eigenvalue weighted by Gasteiger charge is -1.99. The highest BCUT2D eigenvalue weighted by Crippen LogP contribution is 2.16. The maximum absolute atomic E-state index is 10.6. The molecule has 1 rings (SSSR count). The van der Waals surface area contributed by atoms with Gasteiger partial charge in [-0.1, -0.05) is 24.3 Å². The molecule has 0 aromatic heterocycles. The highest BCUT2D eigenvalue weighted by atomic mass is 32.2. The van der Waals surface area contributed by atoms with Gasteiger partial charge < -0.3 is 5.32 Å². The van der Waals surface area contributed by atoms with E-state index in [1.807, 2.05) is 0 Å². The number of carbonyl (C=O) groups excluding carboxylic acids is 1. The first-order valence-electron chi connectivity index (χ1n) is 5.27. The maximum atomic E-state index is 10.6. The third-order valence-corrected chi connectivity index (χ3v) is 2.81. The van der Waals surface area contributed by atoms with Gasteiger partial charge in [0.15, 0.2) is 0 Å². The Kier molecular flexibility index (Phi) is 5.72. The van der Waals surface area contributed by atoms with Crippen LogP contribution >= 0.6 is 11.8 Å². The first-order chi connectivity index (χ1) is 7.72. The molecule has 0 fully saturated rings. The third kappa shape index (κ3) is 5.03. The highest BCUT2D eigenvalue weighted by Gasteiger charge is 1.91. The number of carbonyl (C=O) groups is 1. The van der Waals surface area contributed by atoms with Gasteiger partial charge in [-0.15, -0.1) is 11.8 Å². The topological polar surface area (TPSA) is 29.1 Å². The Labute approximate surface area is 101 Å². The summed E-state index contributed by atoms with van der Waals surface area (Å²) in [6, 6.07) is 8.38. The van der Waals surface area contributed by atoms with E-state index >= 15 is 0 Å². The average Bonchev–Trinajstić information content (AvgIpc) is 2.28. The average molecular weight is 235 g/mol. The molecule has 0 atom stereocenters. The minimum atomic E-state index is 0.0257. The van der Waals surface area contributed by atoms with Crippen molar-refractivity contribution in [2.75, 3.05) is 12.8 Å². The van der Waals surface area contributed by atoms with Gasteiger partial charge in [-0.05, 0) is 30.4 Å². The Bertz CT molecular complexity index is 374.